The Labute approximate surface area is 97.7 Å². The number of hydrogen-bond acceptors (Lipinski definition) is 2. The Balaban J connectivity index is 0.000000283. The molecule has 3 nitrogen and oxygen atoms in total. The van der Waals surface area contributed by atoms with Crippen LogP contribution in [0.3, 0.4) is 0 Å². The van der Waals surface area contributed by atoms with Crippen LogP contribution in [-0.2, 0) is 9.47 Å². The van der Waals surface area contributed by atoms with Gasteiger partial charge in [0.2, 0.25) is 0 Å². The highest BCUT2D eigenvalue weighted by atomic mass is 16.7. The van der Waals surface area contributed by atoms with Crippen LogP contribution in [0.4, 0.5) is 0 Å². The summed E-state index contributed by atoms with van der Waals surface area (Å²) in [7, 11) is 0. The van der Waals surface area contributed by atoms with Crippen molar-refractivity contribution in [3.05, 3.63) is 36.4 Å². The van der Waals surface area contributed by atoms with E-state index >= 15 is 0 Å². The molecular formula is C13H22O3. The molecule has 1 heterocycles. The van der Waals surface area contributed by atoms with Gasteiger partial charge >= 0.3 is 0 Å². The number of hydrogen-bond donors (Lipinski definition) is 0. The van der Waals surface area contributed by atoms with Crippen LogP contribution in [0.15, 0.2) is 36.4 Å². The maximum Gasteiger partial charge on any atom is 0.165 e. The zero-order valence-corrected chi connectivity index (χ0v) is 10.1. The molecule has 0 saturated carbocycles. The van der Waals surface area contributed by atoms with Crippen LogP contribution >= 0.6 is 0 Å². The van der Waals surface area contributed by atoms with Crippen LogP contribution in [0.5, 0.6) is 0 Å². The van der Waals surface area contributed by atoms with Gasteiger partial charge in [0, 0.05) is 6.42 Å². The van der Waals surface area contributed by atoms with Crippen molar-refractivity contribution < 1.29 is 14.9 Å². The lowest BCUT2D eigenvalue weighted by atomic mass is 10.2. The maximum atomic E-state index is 5.36. The Kier molecular flexibility index (Phi) is 7.81. The molecule has 1 aliphatic heterocycles. The number of ether oxygens (including phenoxy) is 2. The lowest BCUT2D eigenvalue weighted by Crippen LogP contribution is -2.24. The van der Waals surface area contributed by atoms with E-state index in [-0.39, 0.29) is 11.3 Å². The monoisotopic (exact) mass is 226 g/mol. The quantitative estimate of drug-likeness (QED) is 0.777. The average molecular weight is 226 g/mol. The second-order valence-corrected chi connectivity index (χ2v) is 3.74. The zero-order valence-electron chi connectivity index (χ0n) is 10.1. The summed E-state index contributed by atoms with van der Waals surface area (Å²) in [6.07, 6.45) is 2.13. The first kappa shape index (κ1) is 15.1. The first-order valence-electron chi connectivity index (χ1n) is 5.55. The van der Waals surface area contributed by atoms with Crippen molar-refractivity contribution in [3.8, 4) is 0 Å². The minimum atomic E-state index is -0.255. The molecule has 0 amide bonds. The fourth-order valence-electron chi connectivity index (χ4n) is 1.54. The molecule has 0 aromatic heterocycles. The predicted octanol–water partition coefficient (Wildman–Crippen LogP) is 2.41. The van der Waals surface area contributed by atoms with Crippen LogP contribution in [0.2, 0.25) is 0 Å². The molecule has 0 spiro atoms. The van der Waals surface area contributed by atoms with Gasteiger partial charge in [0.1, 0.15) is 0 Å². The van der Waals surface area contributed by atoms with Crippen LogP contribution in [0.25, 0.3) is 0 Å². The summed E-state index contributed by atoms with van der Waals surface area (Å²) in [5.41, 5.74) is 0. The maximum absolute atomic E-state index is 5.36. The molecule has 0 radical (unpaired) electrons. The fraction of sp³-hybridized carbons (Fsp3) is 0.538. The summed E-state index contributed by atoms with van der Waals surface area (Å²) in [4.78, 5) is 0. The highest BCUT2D eigenvalue weighted by Crippen LogP contribution is 2.23. The molecular weight excluding hydrogens is 204 g/mol. The highest BCUT2D eigenvalue weighted by Gasteiger charge is 2.29. The lowest BCUT2D eigenvalue weighted by molar-refractivity contribution is -0.146. The number of benzene rings is 1. The van der Waals surface area contributed by atoms with Crippen LogP contribution in [0.1, 0.15) is 26.7 Å². The molecule has 1 aliphatic rings. The summed E-state index contributed by atoms with van der Waals surface area (Å²) in [5, 5.41) is 0. The van der Waals surface area contributed by atoms with E-state index in [0.29, 0.717) is 0 Å². The molecule has 0 unspecified atom stereocenters. The Morgan fingerprint density at radius 1 is 0.938 bits per heavy atom. The van der Waals surface area contributed by atoms with E-state index < -0.39 is 0 Å². The van der Waals surface area contributed by atoms with Gasteiger partial charge in [-0.1, -0.05) is 49.7 Å². The van der Waals surface area contributed by atoms with Gasteiger partial charge in [-0.05, 0) is 6.92 Å². The molecule has 3 heteroatoms. The molecule has 2 rings (SSSR count). The Hall–Kier alpha value is -0.900. The molecule has 0 aliphatic carbocycles. The number of rotatable bonds is 2. The molecule has 1 saturated heterocycles. The predicted molar refractivity (Wildman–Crippen MR) is 65.3 cm³/mol. The van der Waals surface area contributed by atoms with E-state index in [0.717, 1.165) is 26.1 Å². The molecule has 0 atom stereocenters. The van der Waals surface area contributed by atoms with Crippen LogP contribution in [-0.4, -0.2) is 24.5 Å². The van der Waals surface area contributed by atoms with Gasteiger partial charge in [0.25, 0.3) is 0 Å². The minimum absolute atomic E-state index is 0. The molecule has 1 aromatic carbocycles. The summed E-state index contributed by atoms with van der Waals surface area (Å²) in [6.45, 7) is 5.66. The molecule has 1 aromatic rings. The van der Waals surface area contributed by atoms with Gasteiger partial charge < -0.3 is 14.9 Å². The topological polar surface area (TPSA) is 50.0 Å². The summed E-state index contributed by atoms with van der Waals surface area (Å²) >= 11 is 0. The van der Waals surface area contributed by atoms with E-state index in [1.54, 1.807) is 0 Å². The van der Waals surface area contributed by atoms with Crippen molar-refractivity contribution in [1.82, 2.24) is 0 Å². The molecule has 2 N–H and O–H groups in total. The molecule has 16 heavy (non-hydrogen) atoms. The standard InChI is InChI=1S/C7H14O2.C6H6.H2O/c1-3-4-7(2)8-5-6-9-7;1-2-4-6-5-3-1;/h3-6H2,1-2H3;1-6H;1H2. The SMILES string of the molecule is CCCC1(C)OCCO1.O.c1ccccc1. The third kappa shape index (κ3) is 5.85. The summed E-state index contributed by atoms with van der Waals surface area (Å²) in [5.74, 6) is -0.255. The van der Waals surface area contributed by atoms with Gasteiger partial charge in [-0.2, -0.15) is 0 Å². The van der Waals surface area contributed by atoms with Crippen molar-refractivity contribution in [2.75, 3.05) is 13.2 Å². The van der Waals surface area contributed by atoms with E-state index in [1.165, 1.54) is 0 Å². The van der Waals surface area contributed by atoms with Crippen molar-refractivity contribution in [2.45, 2.75) is 32.5 Å². The van der Waals surface area contributed by atoms with E-state index in [1.807, 2.05) is 43.3 Å². The second-order valence-electron chi connectivity index (χ2n) is 3.74. The second kappa shape index (κ2) is 8.28. The first-order chi connectivity index (χ1) is 7.27. The van der Waals surface area contributed by atoms with Gasteiger partial charge in [-0.3, -0.25) is 0 Å². The van der Waals surface area contributed by atoms with Crippen LogP contribution < -0.4 is 0 Å². The van der Waals surface area contributed by atoms with Crippen molar-refractivity contribution >= 4 is 0 Å². The Morgan fingerprint density at radius 2 is 1.31 bits per heavy atom. The van der Waals surface area contributed by atoms with Gasteiger partial charge in [0.05, 0.1) is 13.2 Å². The normalized spacial score (nSPS) is 16.9. The summed E-state index contributed by atoms with van der Waals surface area (Å²) < 4.78 is 10.7. The third-order valence-electron chi connectivity index (χ3n) is 2.27. The van der Waals surface area contributed by atoms with Gasteiger partial charge in [-0.15, -0.1) is 0 Å². The van der Waals surface area contributed by atoms with Crippen molar-refractivity contribution in [1.29, 1.82) is 0 Å². The van der Waals surface area contributed by atoms with Gasteiger partial charge in [-0.25, -0.2) is 0 Å². The van der Waals surface area contributed by atoms with Gasteiger partial charge in [0.15, 0.2) is 5.79 Å². The highest BCUT2D eigenvalue weighted by molar-refractivity contribution is 4.99. The first-order valence-corrected chi connectivity index (χ1v) is 5.55. The van der Waals surface area contributed by atoms with Crippen molar-refractivity contribution in [2.24, 2.45) is 0 Å². The Bertz CT molecular complexity index is 216. The molecule has 92 valence electrons. The van der Waals surface area contributed by atoms with E-state index in [4.69, 9.17) is 9.47 Å². The van der Waals surface area contributed by atoms with Crippen molar-refractivity contribution in [3.63, 3.8) is 0 Å². The van der Waals surface area contributed by atoms with E-state index in [2.05, 4.69) is 6.92 Å². The zero-order chi connectivity index (χ0) is 11.0. The minimum Gasteiger partial charge on any atom is -0.412 e. The smallest absolute Gasteiger partial charge is 0.165 e. The largest absolute Gasteiger partial charge is 0.412 e. The summed E-state index contributed by atoms with van der Waals surface area (Å²) in [6, 6.07) is 12.0. The fourth-order valence-corrected chi connectivity index (χ4v) is 1.54. The molecule has 0 bridgehead atoms. The van der Waals surface area contributed by atoms with Crippen LogP contribution in [0, 0.1) is 0 Å². The average Bonchev–Trinajstić information content (AvgIpc) is 2.69. The lowest BCUT2D eigenvalue weighted by Gasteiger charge is -2.20. The third-order valence-corrected chi connectivity index (χ3v) is 2.27. The van der Waals surface area contributed by atoms with E-state index in [9.17, 15) is 0 Å². The Morgan fingerprint density at radius 3 is 1.62 bits per heavy atom. The molecule has 1 fully saturated rings.